The van der Waals surface area contributed by atoms with Gasteiger partial charge in [0.25, 0.3) is 0 Å². The average Bonchev–Trinajstić information content (AvgIpc) is 2.16. The van der Waals surface area contributed by atoms with Crippen LogP contribution >= 0.6 is 15.9 Å². The van der Waals surface area contributed by atoms with Crippen LogP contribution in [0.25, 0.3) is 0 Å². The number of hydrogen-bond acceptors (Lipinski definition) is 5. The maximum Gasteiger partial charge on any atom is 0.363 e. The van der Waals surface area contributed by atoms with E-state index in [0.29, 0.717) is 0 Å². The lowest BCUT2D eigenvalue weighted by Gasteiger charge is -2.06. The summed E-state index contributed by atoms with van der Waals surface area (Å²) in [5.74, 6) is -2.01. The van der Waals surface area contributed by atoms with Gasteiger partial charge in [-0.25, -0.2) is 4.79 Å². The summed E-state index contributed by atoms with van der Waals surface area (Å²) in [6.45, 7) is 0. The highest BCUT2D eigenvalue weighted by Crippen LogP contribution is 2.25. The van der Waals surface area contributed by atoms with Gasteiger partial charge in [0, 0.05) is 11.6 Å². The minimum absolute atomic E-state index is 0.107. The largest absolute Gasteiger partial charge is 0.479 e. The molecule has 1 unspecified atom stereocenters. The van der Waals surface area contributed by atoms with Crippen molar-refractivity contribution in [1.29, 1.82) is 0 Å². The van der Waals surface area contributed by atoms with Gasteiger partial charge in [-0.1, -0.05) is 0 Å². The van der Waals surface area contributed by atoms with Gasteiger partial charge < -0.3 is 20.3 Å². The molecule has 1 heterocycles. The molecule has 15 heavy (non-hydrogen) atoms. The van der Waals surface area contributed by atoms with E-state index in [1.54, 1.807) is 0 Å². The minimum Gasteiger partial charge on any atom is -0.479 e. The quantitative estimate of drug-likeness (QED) is 0.626. The number of pyridine rings is 1. The minimum atomic E-state index is -1.82. The third-order valence-corrected chi connectivity index (χ3v) is 2.25. The number of carbonyl (C=O) groups is 1. The van der Waals surface area contributed by atoms with Gasteiger partial charge >= 0.3 is 11.8 Å². The Morgan fingerprint density at radius 3 is 2.73 bits per heavy atom. The Labute approximate surface area is 91.7 Å². The van der Waals surface area contributed by atoms with Crippen molar-refractivity contribution in [3.63, 3.8) is 0 Å². The Morgan fingerprint density at radius 1 is 1.67 bits per heavy atom. The summed E-state index contributed by atoms with van der Waals surface area (Å²) in [6.07, 6.45) is -0.749. The molecule has 0 aliphatic rings. The molecular weight excluding hydrogens is 272 g/mol. The second-order valence-electron chi connectivity index (χ2n) is 2.56. The number of hydrogen-bond donors (Lipinski definition) is 2. The maximum absolute atomic E-state index is 10.5. The SMILES string of the molecule is O=C(O)C(O)c1cc([N+](=O)[O-])ncc1Br. The van der Waals surface area contributed by atoms with Gasteiger partial charge in [-0.2, -0.15) is 0 Å². The molecule has 0 radical (unpaired) electrons. The first-order chi connectivity index (χ1) is 6.93. The molecule has 0 spiro atoms. The number of aromatic nitrogens is 1. The highest BCUT2D eigenvalue weighted by molar-refractivity contribution is 9.10. The predicted molar refractivity (Wildman–Crippen MR) is 51.2 cm³/mol. The molecule has 1 atom stereocenters. The number of carboxylic acid groups (broad SMARTS) is 1. The van der Waals surface area contributed by atoms with Gasteiger partial charge in [0.15, 0.2) is 12.3 Å². The second kappa shape index (κ2) is 4.32. The standard InChI is InChI=1S/C7H5BrN2O5/c8-4-2-9-5(10(14)15)1-3(4)6(11)7(12)13/h1-2,6,11H,(H,12,13). The Bertz CT molecular complexity index is 422. The molecule has 0 aliphatic heterocycles. The Kier molecular flexibility index (Phi) is 3.32. The zero-order valence-electron chi connectivity index (χ0n) is 7.12. The summed E-state index contributed by atoms with van der Waals surface area (Å²) in [6, 6.07) is 0.906. The van der Waals surface area contributed by atoms with E-state index < -0.39 is 22.8 Å². The molecule has 0 saturated carbocycles. The first kappa shape index (κ1) is 11.5. The van der Waals surface area contributed by atoms with Gasteiger partial charge in [-0.05, 0) is 25.8 Å². The molecule has 0 aromatic carbocycles. The van der Waals surface area contributed by atoms with Crippen LogP contribution in [0.4, 0.5) is 5.82 Å². The van der Waals surface area contributed by atoms with Crippen LogP contribution in [-0.4, -0.2) is 26.1 Å². The van der Waals surface area contributed by atoms with Crippen molar-refractivity contribution in [2.24, 2.45) is 0 Å². The fourth-order valence-corrected chi connectivity index (χ4v) is 1.32. The molecule has 1 aromatic rings. The lowest BCUT2D eigenvalue weighted by molar-refractivity contribution is -0.389. The molecule has 0 aliphatic carbocycles. The van der Waals surface area contributed by atoms with Gasteiger partial charge in [0.05, 0.1) is 4.47 Å². The summed E-state index contributed by atoms with van der Waals surface area (Å²) in [5.41, 5.74) is -0.107. The van der Waals surface area contributed by atoms with Crippen LogP contribution in [0.1, 0.15) is 11.7 Å². The summed E-state index contributed by atoms with van der Waals surface area (Å²) in [4.78, 5) is 23.5. The van der Waals surface area contributed by atoms with Crippen LogP contribution in [0.15, 0.2) is 16.7 Å². The number of aliphatic carboxylic acids is 1. The van der Waals surface area contributed by atoms with E-state index in [1.165, 1.54) is 0 Å². The van der Waals surface area contributed by atoms with E-state index in [4.69, 9.17) is 5.11 Å². The molecule has 0 saturated heterocycles. The van der Waals surface area contributed by atoms with Crippen molar-refractivity contribution in [2.75, 3.05) is 0 Å². The molecular formula is C7H5BrN2O5. The smallest absolute Gasteiger partial charge is 0.363 e. The Balaban J connectivity index is 3.22. The number of nitrogens with zero attached hydrogens (tertiary/aromatic N) is 2. The van der Waals surface area contributed by atoms with E-state index in [1.807, 2.05) is 0 Å². The average molecular weight is 277 g/mol. The topological polar surface area (TPSA) is 114 Å². The number of aliphatic hydroxyl groups is 1. The molecule has 0 amide bonds. The number of aliphatic hydroxyl groups excluding tert-OH is 1. The first-order valence-electron chi connectivity index (χ1n) is 3.64. The van der Waals surface area contributed by atoms with Gasteiger partial charge in [-0.3, -0.25) is 0 Å². The summed E-state index contributed by atoms with van der Waals surface area (Å²) in [7, 11) is 0. The van der Waals surface area contributed by atoms with Gasteiger partial charge in [0.2, 0.25) is 0 Å². The number of nitro groups is 1. The Morgan fingerprint density at radius 2 is 2.27 bits per heavy atom. The molecule has 1 aromatic heterocycles. The van der Waals surface area contributed by atoms with Crippen LogP contribution in [0.5, 0.6) is 0 Å². The summed E-state index contributed by atoms with van der Waals surface area (Å²) < 4.78 is 0.197. The highest BCUT2D eigenvalue weighted by atomic mass is 79.9. The van der Waals surface area contributed by atoms with Crippen molar-refractivity contribution < 1.29 is 19.9 Å². The number of rotatable bonds is 3. The van der Waals surface area contributed by atoms with Crippen LogP contribution < -0.4 is 0 Å². The van der Waals surface area contributed by atoms with E-state index >= 15 is 0 Å². The number of halogens is 1. The van der Waals surface area contributed by atoms with E-state index in [-0.39, 0.29) is 10.0 Å². The van der Waals surface area contributed by atoms with Gasteiger partial charge in [0.1, 0.15) is 0 Å². The van der Waals surface area contributed by atoms with Crippen molar-refractivity contribution in [1.82, 2.24) is 4.98 Å². The molecule has 80 valence electrons. The Hall–Kier alpha value is -1.54. The normalized spacial score (nSPS) is 12.1. The molecule has 8 heteroatoms. The monoisotopic (exact) mass is 276 g/mol. The zero-order chi connectivity index (χ0) is 11.6. The number of carboxylic acids is 1. The van der Waals surface area contributed by atoms with E-state index in [2.05, 4.69) is 20.9 Å². The fraction of sp³-hybridized carbons (Fsp3) is 0.143. The van der Waals surface area contributed by atoms with E-state index in [0.717, 1.165) is 12.3 Å². The molecule has 0 fully saturated rings. The zero-order valence-corrected chi connectivity index (χ0v) is 8.71. The van der Waals surface area contributed by atoms with Crippen molar-refractivity contribution in [2.45, 2.75) is 6.10 Å². The maximum atomic E-state index is 10.5. The van der Waals surface area contributed by atoms with Crippen LogP contribution in [0.2, 0.25) is 0 Å². The lowest BCUT2D eigenvalue weighted by atomic mass is 10.1. The third kappa shape index (κ3) is 2.48. The molecule has 7 nitrogen and oxygen atoms in total. The summed E-state index contributed by atoms with van der Waals surface area (Å²) in [5, 5.41) is 28.1. The molecule has 0 bridgehead atoms. The summed E-state index contributed by atoms with van der Waals surface area (Å²) >= 11 is 2.94. The highest BCUT2D eigenvalue weighted by Gasteiger charge is 2.22. The second-order valence-corrected chi connectivity index (χ2v) is 3.42. The van der Waals surface area contributed by atoms with Crippen LogP contribution in [0.3, 0.4) is 0 Å². The lowest BCUT2D eigenvalue weighted by Crippen LogP contribution is -2.11. The van der Waals surface area contributed by atoms with Gasteiger partial charge in [-0.15, -0.1) is 0 Å². The van der Waals surface area contributed by atoms with Crippen molar-refractivity contribution in [3.05, 3.63) is 32.4 Å². The van der Waals surface area contributed by atoms with Crippen molar-refractivity contribution >= 4 is 27.7 Å². The van der Waals surface area contributed by atoms with Crippen LogP contribution in [0, 0.1) is 10.1 Å². The fourth-order valence-electron chi connectivity index (χ4n) is 0.885. The third-order valence-electron chi connectivity index (χ3n) is 1.59. The van der Waals surface area contributed by atoms with E-state index in [9.17, 15) is 20.0 Å². The van der Waals surface area contributed by atoms with Crippen LogP contribution in [-0.2, 0) is 4.79 Å². The predicted octanol–water partition coefficient (Wildman–Crippen LogP) is 0.870. The van der Waals surface area contributed by atoms with Crippen molar-refractivity contribution in [3.8, 4) is 0 Å². The molecule has 1 rings (SSSR count). The first-order valence-corrected chi connectivity index (χ1v) is 4.43. The molecule has 2 N–H and O–H groups in total.